The molecule has 4 aromatic carbocycles. The lowest BCUT2D eigenvalue weighted by Crippen LogP contribution is -2.63. The average Bonchev–Trinajstić information content (AvgIpc) is 3.62. The van der Waals surface area contributed by atoms with Crippen LogP contribution in [0.4, 0.5) is 34.1 Å². The van der Waals surface area contributed by atoms with E-state index in [1.807, 2.05) is 0 Å². The second-order valence-electron chi connectivity index (χ2n) is 26.1. The summed E-state index contributed by atoms with van der Waals surface area (Å²) >= 11 is 0. The minimum absolute atomic E-state index is 0.0203. The fourth-order valence-electron chi connectivity index (χ4n) is 13.6. The monoisotopic (exact) mass is 853 g/mol. The fraction of sp³-hybridized carbons (Fsp3) is 0.517. The molecule has 0 spiro atoms. The highest BCUT2D eigenvalue weighted by Gasteiger charge is 2.57. The lowest BCUT2D eigenvalue weighted by molar-refractivity contribution is 0.282. The number of benzene rings is 4. The maximum Gasteiger partial charge on any atom is 0.297 e. The highest BCUT2D eigenvalue weighted by atomic mass is 28.3. The predicted octanol–water partition coefficient (Wildman–Crippen LogP) is 13.1. The van der Waals surface area contributed by atoms with Crippen molar-refractivity contribution in [2.24, 2.45) is 0 Å². The van der Waals surface area contributed by atoms with Gasteiger partial charge < -0.3 is 14.2 Å². The zero-order valence-corrected chi connectivity index (χ0v) is 43.1. The third-order valence-corrected chi connectivity index (χ3v) is 19.7. The van der Waals surface area contributed by atoms with Gasteiger partial charge in [-0.05, 0) is 152 Å². The van der Waals surface area contributed by atoms with Gasteiger partial charge in [-0.1, -0.05) is 140 Å². The molecule has 4 heterocycles. The van der Waals surface area contributed by atoms with Gasteiger partial charge in [-0.2, -0.15) is 0 Å². The first kappa shape index (κ1) is 41.7. The van der Waals surface area contributed by atoms with Gasteiger partial charge in [-0.25, -0.2) is 0 Å². The van der Waals surface area contributed by atoms with Crippen molar-refractivity contribution in [2.45, 2.75) is 193 Å². The zero-order chi connectivity index (χ0) is 45.1. The van der Waals surface area contributed by atoms with E-state index < -0.39 is 8.80 Å². The molecule has 3 aliphatic heterocycles. The lowest BCUT2D eigenvalue weighted by atomic mass is 9.34. The van der Waals surface area contributed by atoms with Gasteiger partial charge in [0.1, 0.15) is 5.76 Å². The summed E-state index contributed by atoms with van der Waals surface area (Å²) in [5, 5.41) is 1.54. The molecule has 6 aliphatic rings. The smallest absolute Gasteiger partial charge is 0.297 e. The van der Waals surface area contributed by atoms with Crippen molar-refractivity contribution in [1.29, 1.82) is 0 Å². The van der Waals surface area contributed by atoms with E-state index in [1.165, 1.54) is 103 Å². The Bertz CT molecular complexity index is 2840. The molecule has 5 heteroatoms. The first-order valence-corrected chi connectivity index (χ1v) is 27.5. The van der Waals surface area contributed by atoms with Crippen LogP contribution in [0.5, 0.6) is 0 Å². The van der Waals surface area contributed by atoms with Gasteiger partial charge in [0.2, 0.25) is 0 Å². The van der Waals surface area contributed by atoms with Gasteiger partial charge in [0.25, 0.3) is 6.71 Å². The van der Waals surface area contributed by atoms with Gasteiger partial charge in [0.05, 0.1) is 25.8 Å². The van der Waals surface area contributed by atoms with E-state index in [-0.39, 0.29) is 44.6 Å². The molecule has 5 aromatic rings. The fourth-order valence-corrected chi connectivity index (χ4v) is 15.0. The number of hydrogen-bond donors (Lipinski definition) is 0. The van der Waals surface area contributed by atoms with Crippen molar-refractivity contribution in [1.82, 2.24) is 0 Å². The Morgan fingerprint density at radius 2 is 1.13 bits per heavy atom. The molecule has 3 nitrogen and oxygen atoms in total. The van der Waals surface area contributed by atoms with Crippen LogP contribution in [0.25, 0.3) is 0 Å². The Morgan fingerprint density at radius 1 is 0.556 bits per heavy atom. The molecule has 0 N–H and O–H groups in total. The Hall–Kier alpha value is -3.96. The van der Waals surface area contributed by atoms with Gasteiger partial charge in [-0.15, -0.1) is 0 Å². The molecule has 11 rings (SSSR count). The van der Waals surface area contributed by atoms with Gasteiger partial charge >= 0.3 is 0 Å². The molecule has 1 atom stereocenters. The number of aryl methyl sites for hydroxylation is 1. The van der Waals surface area contributed by atoms with Gasteiger partial charge in [0, 0.05) is 39.1 Å². The molecule has 63 heavy (non-hydrogen) atoms. The average molecular weight is 853 g/mol. The van der Waals surface area contributed by atoms with Crippen LogP contribution in [0.3, 0.4) is 0 Å². The largest absolute Gasteiger partial charge is 0.472 e. The summed E-state index contributed by atoms with van der Waals surface area (Å²) in [7, 11) is -1.34. The topological polar surface area (TPSA) is 19.6 Å². The molecule has 0 saturated heterocycles. The Balaban J connectivity index is 1.30. The quantitative estimate of drug-likeness (QED) is 0.162. The minimum Gasteiger partial charge on any atom is -0.472 e. The highest BCUT2D eigenvalue weighted by Crippen LogP contribution is 2.63. The van der Waals surface area contributed by atoms with Crippen LogP contribution >= 0.6 is 0 Å². The van der Waals surface area contributed by atoms with E-state index in [4.69, 9.17) is 4.42 Å². The molecule has 0 saturated carbocycles. The van der Waals surface area contributed by atoms with Crippen LogP contribution in [0.1, 0.15) is 186 Å². The molecular weight excluding hydrogens is 780 g/mol. The zero-order valence-electron chi connectivity index (χ0n) is 41.9. The predicted molar refractivity (Wildman–Crippen MR) is 274 cm³/mol. The van der Waals surface area contributed by atoms with Crippen LogP contribution in [-0.4, -0.2) is 15.5 Å². The number of nitrogens with zero attached hydrogens (tertiary/aromatic N) is 2. The number of anilines is 6. The first-order valence-electron chi connectivity index (χ1n) is 24.6. The standard InChI is InChI=1S/C58H73BN2OSi/c1-33-28-42-47-43(29-33)61-41-32-37-36(54(7,8)22-23-55(37,9)10)31-38(41)58(15)27-26-53(5,6)35-19-20-39(48(61)45(35)58)59(47)51-49(46-50(62-51)57(13,14)25-24-56(46,11)12)60(42)40-21-18-34(52(2,3)4)30-44(40)63(16)17/h18-21,28-32,63H,22-27H2,1-17H3. The van der Waals surface area contributed by atoms with Gasteiger partial charge in [-0.3, -0.25) is 0 Å². The SMILES string of the molecule is Cc1cc2c3c(c1)N1c4cc5c(cc4C4(C)CCC(C)(C)c6ccc(c1c64)B3c1oc3c(c1N2c1ccc(C(C)(C)C)cc1[SiH](C)C)C(C)(C)CCC3(C)C)C(C)(C)CCC5(C)C. The van der Waals surface area contributed by atoms with Crippen molar-refractivity contribution >= 4 is 71.4 Å². The van der Waals surface area contributed by atoms with Crippen molar-refractivity contribution < 1.29 is 4.42 Å². The van der Waals surface area contributed by atoms with E-state index in [2.05, 4.69) is 181 Å². The summed E-state index contributed by atoms with van der Waals surface area (Å²) in [6, 6.07) is 23.1. The third kappa shape index (κ3) is 5.44. The Morgan fingerprint density at radius 3 is 1.76 bits per heavy atom. The van der Waals surface area contributed by atoms with Crippen LogP contribution < -0.4 is 31.6 Å². The van der Waals surface area contributed by atoms with E-state index in [0.717, 1.165) is 24.9 Å². The molecule has 0 fully saturated rings. The number of furan rings is 1. The minimum atomic E-state index is -1.34. The van der Waals surface area contributed by atoms with Crippen LogP contribution in [-0.2, 0) is 37.9 Å². The third-order valence-electron chi connectivity index (χ3n) is 17.9. The normalized spacial score (nSPS) is 23.4. The van der Waals surface area contributed by atoms with Crippen molar-refractivity contribution in [3.05, 3.63) is 105 Å². The van der Waals surface area contributed by atoms with E-state index in [9.17, 15) is 0 Å². The summed E-state index contributed by atoms with van der Waals surface area (Å²) < 4.78 is 7.78. The Kier molecular flexibility index (Phi) is 8.26. The van der Waals surface area contributed by atoms with Gasteiger partial charge in [0.15, 0.2) is 0 Å². The van der Waals surface area contributed by atoms with Crippen molar-refractivity contribution in [3.63, 3.8) is 0 Å². The summed E-state index contributed by atoms with van der Waals surface area (Å²) in [6.07, 6.45) is 6.99. The highest BCUT2D eigenvalue weighted by molar-refractivity contribution is 6.99. The maximum absolute atomic E-state index is 7.78. The molecule has 0 bridgehead atoms. The van der Waals surface area contributed by atoms with E-state index >= 15 is 0 Å². The second-order valence-corrected chi connectivity index (χ2v) is 29.0. The second kappa shape index (κ2) is 12.5. The summed E-state index contributed by atoms with van der Waals surface area (Å²) in [4.78, 5) is 5.55. The molecule has 328 valence electrons. The van der Waals surface area contributed by atoms with E-state index in [1.54, 1.807) is 16.7 Å². The van der Waals surface area contributed by atoms with E-state index in [0.29, 0.717) is 0 Å². The molecule has 0 amide bonds. The molecular formula is C58H73BN2OSi. The molecule has 0 radical (unpaired) electrons. The molecule has 1 aromatic heterocycles. The summed E-state index contributed by atoms with van der Waals surface area (Å²) in [5.41, 5.74) is 24.2. The maximum atomic E-state index is 7.78. The summed E-state index contributed by atoms with van der Waals surface area (Å²) in [5.74, 6) is 1.20. The van der Waals surface area contributed by atoms with Crippen molar-refractivity contribution in [2.75, 3.05) is 9.80 Å². The van der Waals surface area contributed by atoms with Crippen molar-refractivity contribution in [3.8, 4) is 0 Å². The molecule has 3 aliphatic carbocycles. The van der Waals surface area contributed by atoms with Crippen LogP contribution in [0.2, 0.25) is 13.1 Å². The number of hydrogen-bond acceptors (Lipinski definition) is 3. The lowest BCUT2D eigenvalue weighted by Gasteiger charge is -2.55. The number of rotatable bonds is 2. The van der Waals surface area contributed by atoms with Crippen LogP contribution in [0, 0.1) is 6.92 Å². The van der Waals surface area contributed by atoms with Crippen LogP contribution in [0.15, 0.2) is 59.0 Å². The Labute approximate surface area is 382 Å². The number of fused-ring (bicyclic) bond motifs is 10. The first-order chi connectivity index (χ1) is 29.2. The summed E-state index contributed by atoms with van der Waals surface area (Å²) in [6.45, 7) is 42.0. The molecule has 1 unspecified atom stereocenters.